The maximum absolute atomic E-state index is 5.79. The van der Waals surface area contributed by atoms with Gasteiger partial charge in [0, 0.05) is 19.8 Å². The largest absolute Gasteiger partial charge is 0.379 e. The Bertz CT molecular complexity index is 163. The third-order valence-electron chi connectivity index (χ3n) is 3.17. The molecular formula is C10H21NO2. The predicted molar refractivity (Wildman–Crippen MR) is 52.9 cm³/mol. The van der Waals surface area contributed by atoms with Crippen molar-refractivity contribution in [2.24, 2.45) is 0 Å². The fraction of sp³-hybridized carbons (Fsp3) is 1.00. The molecule has 0 amide bonds. The van der Waals surface area contributed by atoms with Crippen LogP contribution in [-0.2, 0) is 9.47 Å². The maximum Gasteiger partial charge on any atom is 0.0926 e. The van der Waals surface area contributed by atoms with Crippen LogP contribution in [0.3, 0.4) is 0 Å². The molecule has 3 nitrogen and oxygen atoms in total. The monoisotopic (exact) mass is 187 g/mol. The smallest absolute Gasteiger partial charge is 0.0926 e. The Hall–Kier alpha value is -0.120. The first-order valence-corrected chi connectivity index (χ1v) is 4.96. The predicted octanol–water partition coefficient (Wildman–Crippen LogP) is 1.18. The summed E-state index contributed by atoms with van der Waals surface area (Å²) >= 11 is 0. The average molecular weight is 187 g/mol. The molecule has 3 atom stereocenters. The van der Waals surface area contributed by atoms with Gasteiger partial charge >= 0.3 is 0 Å². The van der Waals surface area contributed by atoms with Crippen LogP contribution in [0, 0.1) is 0 Å². The highest BCUT2D eigenvalue weighted by Crippen LogP contribution is 2.29. The first-order chi connectivity index (χ1) is 6.12. The van der Waals surface area contributed by atoms with Gasteiger partial charge in [-0.3, -0.25) is 0 Å². The second-order valence-electron chi connectivity index (χ2n) is 4.02. The molecule has 0 aliphatic carbocycles. The van der Waals surface area contributed by atoms with Crippen molar-refractivity contribution in [2.45, 2.75) is 44.4 Å². The zero-order chi connectivity index (χ0) is 9.90. The molecule has 3 unspecified atom stereocenters. The average Bonchev–Trinajstić information content (AvgIpc) is 2.16. The van der Waals surface area contributed by atoms with Gasteiger partial charge in [0.25, 0.3) is 0 Å². The molecular weight excluding hydrogens is 166 g/mol. The van der Waals surface area contributed by atoms with E-state index in [9.17, 15) is 0 Å². The van der Waals surface area contributed by atoms with Crippen LogP contribution in [0.2, 0.25) is 0 Å². The third kappa shape index (κ3) is 2.42. The van der Waals surface area contributed by atoms with Crippen molar-refractivity contribution >= 4 is 0 Å². The fourth-order valence-electron chi connectivity index (χ4n) is 1.86. The molecule has 0 spiro atoms. The van der Waals surface area contributed by atoms with Crippen LogP contribution < -0.4 is 5.32 Å². The molecule has 78 valence electrons. The summed E-state index contributed by atoms with van der Waals surface area (Å²) in [6.07, 6.45) is 2.28. The van der Waals surface area contributed by atoms with Crippen LogP contribution in [0.15, 0.2) is 0 Å². The molecule has 3 heteroatoms. The van der Waals surface area contributed by atoms with Crippen LogP contribution in [0.1, 0.15) is 26.7 Å². The van der Waals surface area contributed by atoms with Crippen molar-refractivity contribution in [1.82, 2.24) is 5.32 Å². The van der Waals surface area contributed by atoms with E-state index in [0.717, 1.165) is 19.4 Å². The molecule has 1 N–H and O–H groups in total. The van der Waals surface area contributed by atoms with E-state index in [1.54, 1.807) is 7.11 Å². The van der Waals surface area contributed by atoms with E-state index in [4.69, 9.17) is 9.47 Å². The lowest BCUT2D eigenvalue weighted by Crippen LogP contribution is -2.50. The maximum atomic E-state index is 5.79. The Kier molecular flexibility index (Phi) is 3.71. The Balaban J connectivity index is 2.56. The quantitative estimate of drug-likeness (QED) is 0.719. The molecule has 1 rings (SSSR count). The van der Waals surface area contributed by atoms with Crippen LogP contribution in [-0.4, -0.2) is 38.5 Å². The fourth-order valence-corrected chi connectivity index (χ4v) is 1.86. The molecule has 0 saturated carbocycles. The zero-order valence-electron chi connectivity index (χ0n) is 9.09. The second kappa shape index (κ2) is 4.40. The number of nitrogens with one attached hydrogen (secondary N) is 1. The van der Waals surface area contributed by atoms with Gasteiger partial charge in [-0.15, -0.1) is 0 Å². The Morgan fingerprint density at radius 1 is 1.62 bits per heavy atom. The summed E-state index contributed by atoms with van der Waals surface area (Å²) < 4.78 is 11.1. The van der Waals surface area contributed by atoms with Gasteiger partial charge in [-0.2, -0.15) is 0 Å². The minimum absolute atomic E-state index is 0.124. The summed E-state index contributed by atoms with van der Waals surface area (Å²) in [5.41, 5.74) is -0.124. The zero-order valence-corrected chi connectivity index (χ0v) is 9.09. The topological polar surface area (TPSA) is 30.5 Å². The molecule has 1 fully saturated rings. The summed E-state index contributed by atoms with van der Waals surface area (Å²) in [4.78, 5) is 0. The van der Waals surface area contributed by atoms with Crippen molar-refractivity contribution in [3.8, 4) is 0 Å². The normalized spacial score (nSPS) is 37.4. The van der Waals surface area contributed by atoms with Crippen molar-refractivity contribution in [3.63, 3.8) is 0 Å². The standard InChI is InChI=1S/C10H21NO2/c1-8(12-4)10(2)7-9(11-3)5-6-13-10/h8-9,11H,5-7H2,1-4H3. The van der Waals surface area contributed by atoms with Crippen LogP contribution >= 0.6 is 0 Å². The van der Waals surface area contributed by atoms with Gasteiger partial charge < -0.3 is 14.8 Å². The lowest BCUT2D eigenvalue weighted by atomic mass is 9.88. The van der Waals surface area contributed by atoms with Gasteiger partial charge in [-0.25, -0.2) is 0 Å². The SMILES string of the molecule is CNC1CCOC(C)(C(C)OC)C1. The molecule has 0 aromatic heterocycles. The van der Waals surface area contributed by atoms with E-state index in [-0.39, 0.29) is 11.7 Å². The summed E-state index contributed by atoms with van der Waals surface area (Å²) in [5.74, 6) is 0. The number of hydrogen-bond acceptors (Lipinski definition) is 3. The lowest BCUT2D eigenvalue weighted by Gasteiger charge is -2.41. The molecule has 0 aromatic rings. The summed E-state index contributed by atoms with van der Waals surface area (Å²) in [6, 6.07) is 0.566. The molecule has 0 aromatic carbocycles. The van der Waals surface area contributed by atoms with Crippen molar-refractivity contribution in [2.75, 3.05) is 20.8 Å². The highest BCUT2D eigenvalue weighted by Gasteiger charge is 2.37. The van der Waals surface area contributed by atoms with Crippen LogP contribution in [0.5, 0.6) is 0 Å². The third-order valence-corrected chi connectivity index (χ3v) is 3.17. The van der Waals surface area contributed by atoms with Crippen LogP contribution in [0.25, 0.3) is 0 Å². The van der Waals surface area contributed by atoms with E-state index in [2.05, 4.69) is 19.2 Å². The van der Waals surface area contributed by atoms with Crippen molar-refractivity contribution < 1.29 is 9.47 Å². The molecule has 0 radical (unpaired) electrons. The summed E-state index contributed by atoms with van der Waals surface area (Å²) in [7, 11) is 3.75. The molecule has 1 aliphatic heterocycles. The van der Waals surface area contributed by atoms with Gasteiger partial charge in [0.2, 0.25) is 0 Å². The molecule has 1 aliphatic rings. The Morgan fingerprint density at radius 2 is 2.31 bits per heavy atom. The van der Waals surface area contributed by atoms with Gasteiger partial charge in [0.05, 0.1) is 11.7 Å². The van der Waals surface area contributed by atoms with Gasteiger partial charge in [0.15, 0.2) is 0 Å². The second-order valence-corrected chi connectivity index (χ2v) is 4.02. The molecule has 13 heavy (non-hydrogen) atoms. The summed E-state index contributed by atoms with van der Waals surface area (Å²) in [6.45, 7) is 5.03. The van der Waals surface area contributed by atoms with E-state index in [1.807, 2.05) is 7.05 Å². The molecule has 1 heterocycles. The van der Waals surface area contributed by atoms with Gasteiger partial charge in [-0.1, -0.05) is 0 Å². The lowest BCUT2D eigenvalue weighted by molar-refractivity contribution is -0.147. The van der Waals surface area contributed by atoms with Crippen molar-refractivity contribution in [1.29, 1.82) is 0 Å². The molecule has 1 saturated heterocycles. The summed E-state index contributed by atoms with van der Waals surface area (Å²) in [5, 5.41) is 3.30. The van der Waals surface area contributed by atoms with E-state index >= 15 is 0 Å². The number of hydrogen-bond donors (Lipinski definition) is 1. The number of ether oxygens (including phenoxy) is 2. The van der Waals surface area contributed by atoms with Gasteiger partial charge in [0.1, 0.15) is 0 Å². The van der Waals surface area contributed by atoms with Crippen LogP contribution in [0.4, 0.5) is 0 Å². The Labute approximate surface area is 80.8 Å². The van der Waals surface area contributed by atoms with Gasteiger partial charge in [-0.05, 0) is 33.7 Å². The van der Waals surface area contributed by atoms with E-state index in [0.29, 0.717) is 6.04 Å². The minimum atomic E-state index is -0.124. The van der Waals surface area contributed by atoms with E-state index in [1.165, 1.54) is 0 Å². The Morgan fingerprint density at radius 3 is 2.85 bits per heavy atom. The first kappa shape index (κ1) is 11.0. The first-order valence-electron chi connectivity index (χ1n) is 4.96. The highest BCUT2D eigenvalue weighted by molar-refractivity contribution is 4.90. The van der Waals surface area contributed by atoms with Crippen molar-refractivity contribution in [3.05, 3.63) is 0 Å². The highest BCUT2D eigenvalue weighted by atomic mass is 16.5. The number of rotatable bonds is 3. The minimum Gasteiger partial charge on any atom is -0.379 e. The van der Waals surface area contributed by atoms with E-state index < -0.39 is 0 Å². The molecule has 0 bridgehead atoms. The number of methoxy groups -OCH3 is 1.